The number of aromatic nitrogens is 4. The third-order valence-corrected chi connectivity index (χ3v) is 14.5. The number of nitrogens with zero attached hydrogens (tertiary/aromatic N) is 7. The van der Waals surface area contributed by atoms with Gasteiger partial charge < -0.3 is 23.5 Å². The summed E-state index contributed by atoms with van der Waals surface area (Å²) < 4.78 is 18.2. The lowest BCUT2D eigenvalue weighted by molar-refractivity contribution is 0.436. The molecule has 0 fully saturated rings. The molecule has 0 saturated heterocycles. The number of anilines is 3. The second-order valence-corrected chi connectivity index (χ2v) is 18.0. The molecule has 70 heavy (non-hydrogen) atoms. The van der Waals surface area contributed by atoms with E-state index in [9.17, 15) is 10.5 Å². The second kappa shape index (κ2) is 14.0. The summed E-state index contributed by atoms with van der Waals surface area (Å²) in [7, 11) is 0. The van der Waals surface area contributed by atoms with Gasteiger partial charge in [-0.3, -0.25) is 9.97 Å². The molecule has 9 nitrogen and oxygen atoms in total. The van der Waals surface area contributed by atoms with Gasteiger partial charge in [0.25, 0.3) is 0 Å². The number of pyridine rings is 2. The Balaban J connectivity index is 0.944. The van der Waals surface area contributed by atoms with Crippen LogP contribution in [0.3, 0.4) is 0 Å². The molecule has 12 aromatic rings. The van der Waals surface area contributed by atoms with Crippen LogP contribution in [0.1, 0.15) is 33.4 Å². The summed E-state index contributed by atoms with van der Waals surface area (Å²) in [5, 5.41) is 23.9. The first-order valence-electron chi connectivity index (χ1n) is 23.1. The lowest BCUT2D eigenvalue weighted by atomic mass is 9.66. The van der Waals surface area contributed by atoms with E-state index in [1.165, 1.54) is 0 Å². The van der Waals surface area contributed by atoms with Crippen molar-refractivity contribution in [3.8, 4) is 57.9 Å². The molecule has 0 saturated carbocycles. The fourth-order valence-electron chi connectivity index (χ4n) is 11.7. The number of hydrogen-bond acceptors (Lipinski definition) is 7. The molecule has 0 amide bonds. The predicted molar refractivity (Wildman–Crippen MR) is 272 cm³/mol. The third kappa shape index (κ3) is 5.02. The molecule has 6 heterocycles. The minimum atomic E-state index is -0.788. The summed E-state index contributed by atoms with van der Waals surface area (Å²) in [5.74, 6) is 2.81. The smallest absolute Gasteiger partial charge is 0.152 e. The SMILES string of the molecule is N#Cc1ccc2c(c1)Oc1ccccc1N2c1ccc2c(c1)c1ccccc1n2-c1ccc2c(c1)Oc1cc(-n3c4ccccc4c4cc(C#N)ccc43)ccc1C21c2cccnc2-c2ncccc21. The van der Waals surface area contributed by atoms with Crippen molar-refractivity contribution in [1.29, 1.82) is 10.5 Å². The monoisotopic (exact) mass is 895 g/mol. The molecule has 0 bridgehead atoms. The van der Waals surface area contributed by atoms with Gasteiger partial charge in [-0.15, -0.1) is 0 Å². The first kappa shape index (κ1) is 38.2. The van der Waals surface area contributed by atoms with E-state index in [-0.39, 0.29) is 0 Å². The van der Waals surface area contributed by atoms with E-state index in [0.717, 1.165) is 123 Å². The molecule has 0 unspecified atom stereocenters. The van der Waals surface area contributed by atoms with Gasteiger partial charge in [0.05, 0.1) is 73.5 Å². The predicted octanol–water partition coefficient (Wildman–Crippen LogP) is 14.5. The van der Waals surface area contributed by atoms with Crippen molar-refractivity contribution >= 4 is 60.7 Å². The van der Waals surface area contributed by atoms with Gasteiger partial charge >= 0.3 is 0 Å². The Morgan fingerprint density at radius 1 is 0.386 bits per heavy atom. The molecule has 3 aliphatic rings. The molecule has 0 atom stereocenters. The van der Waals surface area contributed by atoms with E-state index >= 15 is 0 Å². The summed E-state index contributed by atoms with van der Waals surface area (Å²) in [5.41, 5.74) is 15.0. The number of benzene rings is 8. The van der Waals surface area contributed by atoms with Crippen molar-refractivity contribution in [3.05, 3.63) is 234 Å². The summed E-state index contributed by atoms with van der Waals surface area (Å²) in [6.45, 7) is 0. The molecule has 0 radical (unpaired) electrons. The number of rotatable bonds is 3. The Morgan fingerprint density at radius 3 is 1.56 bits per heavy atom. The zero-order valence-electron chi connectivity index (χ0n) is 37.0. The first-order chi connectivity index (χ1) is 34.6. The molecule has 4 aromatic heterocycles. The number of hydrogen-bond donors (Lipinski definition) is 0. The molecule has 324 valence electrons. The fraction of sp³-hybridized carbons (Fsp3) is 0.0164. The van der Waals surface area contributed by atoms with Crippen molar-refractivity contribution < 1.29 is 9.47 Å². The third-order valence-electron chi connectivity index (χ3n) is 14.5. The molecule has 1 spiro atoms. The largest absolute Gasteiger partial charge is 0.457 e. The molecule has 0 N–H and O–H groups in total. The van der Waals surface area contributed by atoms with E-state index in [1.54, 1.807) is 6.07 Å². The van der Waals surface area contributed by atoms with E-state index in [0.29, 0.717) is 16.9 Å². The van der Waals surface area contributed by atoms with E-state index < -0.39 is 5.41 Å². The maximum atomic E-state index is 9.87. The van der Waals surface area contributed by atoms with Gasteiger partial charge in [-0.05, 0) is 108 Å². The zero-order valence-corrected chi connectivity index (χ0v) is 37.0. The van der Waals surface area contributed by atoms with Crippen molar-refractivity contribution in [2.24, 2.45) is 0 Å². The highest BCUT2D eigenvalue weighted by Gasteiger charge is 2.52. The molecule has 2 aliphatic heterocycles. The van der Waals surface area contributed by atoms with Crippen LogP contribution in [-0.2, 0) is 5.41 Å². The average molecular weight is 896 g/mol. The van der Waals surface area contributed by atoms with Crippen LogP contribution in [0.15, 0.2) is 200 Å². The van der Waals surface area contributed by atoms with Crippen LogP contribution < -0.4 is 14.4 Å². The van der Waals surface area contributed by atoms with Gasteiger partial charge in [0.1, 0.15) is 11.5 Å². The number of fused-ring (bicyclic) bond motifs is 17. The molecule has 15 rings (SSSR count). The van der Waals surface area contributed by atoms with Crippen LogP contribution in [0.2, 0.25) is 0 Å². The van der Waals surface area contributed by atoms with E-state index in [2.05, 4.69) is 141 Å². The van der Waals surface area contributed by atoms with E-state index in [1.807, 2.05) is 79.1 Å². The molecule has 9 heteroatoms. The highest BCUT2D eigenvalue weighted by molar-refractivity contribution is 6.12. The highest BCUT2D eigenvalue weighted by Crippen LogP contribution is 2.62. The molecular weight excluding hydrogens is 863 g/mol. The van der Waals surface area contributed by atoms with Gasteiger partial charge in [0, 0.05) is 80.3 Å². The fourth-order valence-corrected chi connectivity index (χ4v) is 11.7. The van der Waals surface area contributed by atoms with Gasteiger partial charge in [-0.1, -0.05) is 72.8 Å². The van der Waals surface area contributed by atoms with Crippen LogP contribution in [0.5, 0.6) is 23.0 Å². The molecule has 1 aliphatic carbocycles. The summed E-state index contributed by atoms with van der Waals surface area (Å²) in [6, 6.07) is 69.1. The van der Waals surface area contributed by atoms with Gasteiger partial charge in [0.2, 0.25) is 0 Å². The van der Waals surface area contributed by atoms with Crippen molar-refractivity contribution in [3.63, 3.8) is 0 Å². The van der Waals surface area contributed by atoms with Crippen LogP contribution >= 0.6 is 0 Å². The first-order valence-corrected chi connectivity index (χ1v) is 23.1. The van der Waals surface area contributed by atoms with Crippen LogP contribution in [0.4, 0.5) is 17.1 Å². The Kier molecular flexibility index (Phi) is 7.65. The Bertz CT molecular complexity index is 4330. The van der Waals surface area contributed by atoms with Gasteiger partial charge in [-0.25, -0.2) is 0 Å². The highest BCUT2D eigenvalue weighted by atomic mass is 16.5. The Hall–Kier alpha value is -9.96. The topological polar surface area (TPSA) is 105 Å². The van der Waals surface area contributed by atoms with Crippen molar-refractivity contribution in [2.45, 2.75) is 5.41 Å². The minimum Gasteiger partial charge on any atom is -0.457 e. The van der Waals surface area contributed by atoms with Crippen molar-refractivity contribution in [1.82, 2.24) is 19.1 Å². The second-order valence-electron chi connectivity index (χ2n) is 18.0. The summed E-state index contributed by atoms with van der Waals surface area (Å²) in [6.07, 6.45) is 3.69. The lowest BCUT2D eigenvalue weighted by Crippen LogP contribution is -2.32. The minimum absolute atomic E-state index is 0.536. The van der Waals surface area contributed by atoms with Gasteiger partial charge in [-0.2, -0.15) is 10.5 Å². The summed E-state index contributed by atoms with van der Waals surface area (Å²) in [4.78, 5) is 12.2. The zero-order chi connectivity index (χ0) is 46.2. The van der Waals surface area contributed by atoms with Gasteiger partial charge in [0.15, 0.2) is 11.5 Å². The Morgan fingerprint density at radius 2 is 0.900 bits per heavy atom. The lowest BCUT2D eigenvalue weighted by Gasteiger charge is -2.39. The maximum absolute atomic E-state index is 9.87. The molecule has 8 aromatic carbocycles. The average Bonchev–Trinajstić information content (AvgIpc) is 4.03. The number of nitriles is 2. The van der Waals surface area contributed by atoms with Crippen molar-refractivity contribution in [2.75, 3.05) is 4.90 Å². The number of para-hydroxylation sites is 4. The Labute approximate surface area is 400 Å². The molecular formula is C61H33N7O2. The van der Waals surface area contributed by atoms with Crippen LogP contribution in [-0.4, -0.2) is 19.1 Å². The van der Waals surface area contributed by atoms with E-state index in [4.69, 9.17) is 19.4 Å². The summed E-state index contributed by atoms with van der Waals surface area (Å²) >= 11 is 0. The van der Waals surface area contributed by atoms with Crippen LogP contribution in [0.25, 0.3) is 66.4 Å². The van der Waals surface area contributed by atoms with Crippen LogP contribution in [0, 0.1) is 22.7 Å². The normalized spacial score (nSPS) is 13.4. The maximum Gasteiger partial charge on any atom is 0.152 e. The number of ether oxygens (including phenoxy) is 2. The quantitative estimate of drug-likeness (QED) is 0.174. The standard InChI is InChI=1S/C61H33N7O2/c62-34-36-17-24-51-43(29-36)41-9-1-3-13-49(41)66(51)39-19-22-45-56(32-39)70-57-33-40(20-23-46(57)61(45)47-11-7-27-64-59(47)60-48(61)12-8-28-65-60)67-50-14-4-2-10-42(50)44-31-38(21-26-52(44)67)68-53-15-5-6-16-55(53)69-58-30-37(35-63)18-25-54(58)68/h1-33H.